The third-order valence-electron chi connectivity index (χ3n) is 3.02. The average molecular weight is 296 g/mol. The topological polar surface area (TPSA) is 104 Å². The Hall–Kier alpha value is -1.92. The lowest BCUT2D eigenvalue weighted by atomic mass is 9.89. The normalized spacial score (nSPS) is 13.0. The summed E-state index contributed by atoms with van der Waals surface area (Å²) in [6.45, 7) is 3.44. The second-order valence-corrected chi connectivity index (χ2v) is 5.31. The Labute approximate surface area is 123 Å². The summed E-state index contributed by atoms with van der Waals surface area (Å²) in [5, 5.41) is 28.1. The first-order chi connectivity index (χ1) is 9.75. The standard InChI is InChI=1S/C15H20O6/c1-10(2)8-12(15(19,20)14(17)18)13(16)21-9-11-6-4-3-5-7-11/h3-7,10,12,19-20H,8-9H2,1-2H3,(H,17,18)/t12-/m1/s1. The lowest BCUT2D eigenvalue weighted by molar-refractivity contribution is -0.229. The van der Waals surface area contributed by atoms with Crippen molar-refractivity contribution >= 4 is 11.9 Å². The molecule has 0 saturated carbocycles. The van der Waals surface area contributed by atoms with Gasteiger partial charge in [0.15, 0.2) is 0 Å². The Balaban J connectivity index is 2.79. The summed E-state index contributed by atoms with van der Waals surface area (Å²) in [7, 11) is 0. The van der Waals surface area contributed by atoms with Crippen molar-refractivity contribution in [2.45, 2.75) is 32.7 Å². The van der Waals surface area contributed by atoms with Crippen LogP contribution in [0.4, 0.5) is 0 Å². The van der Waals surface area contributed by atoms with Crippen LogP contribution in [-0.4, -0.2) is 33.0 Å². The molecule has 0 heterocycles. The van der Waals surface area contributed by atoms with Crippen LogP contribution in [0.15, 0.2) is 30.3 Å². The van der Waals surface area contributed by atoms with E-state index in [1.807, 2.05) is 6.07 Å². The average Bonchev–Trinajstić information content (AvgIpc) is 2.42. The lowest BCUT2D eigenvalue weighted by Gasteiger charge is -2.27. The van der Waals surface area contributed by atoms with Gasteiger partial charge in [0.1, 0.15) is 12.5 Å². The van der Waals surface area contributed by atoms with E-state index >= 15 is 0 Å². The molecule has 0 fully saturated rings. The fourth-order valence-electron chi connectivity index (χ4n) is 1.87. The van der Waals surface area contributed by atoms with Crippen LogP contribution in [0.25, 0.3) is 0 Å². The number of hydrogen-bond donors (Lipinski definition) is 3. The van der Waals surface area contributed by atoms with Crippen molar-refractivity contribution < 1.29 is 29.6 Å². The Kier molecular flexibility index (Phi) is 5.87. The molecule has 21 heavy (non-hydrogen) atoms. The van der Waals surface area contributed by atoms with Gasteiger partial charge in [-0.05, 0) is 17.9 Å². The number of aliphatic hydroxyl groups is 2. The molecule has 1 atom stereocenters. The maximum atomic E-state index is 12.0. The highest BCUT2D eigenvalue weighted by Crippen LogP contribution is 2.25. The van der Waals surface area contributed by atoms with Gasteiger partial charge in [0.2, 0.25) is 0 Å². The van der Waals surface area contributed by atoms with Crippen LogP contribution < -0.4 is 0 Å². The molecule has 0 spiro atoms. The molecule has 0 aliphatic carbocycles. The summed E-state index contributed by atoms with van der Waals surface area (Å²) < 4.78 is 5.01. The van der Waals surface area contributed by atoms with Crippen LogP contribution in [0, 0.1) is 11.8 Å². The van der Waals surface area contributed by atoms with Crippen LogP contribution in [0.3, 0.4) is 0 Å². The monoisotopic (exact) mass is 296 g/mol. The first kappa shape index (κ1) is 17.1. The molecule has 116 valence electrons. The second-order valence-electron chi connectivity index (χ2n) is 5.31. The van der Waals surface area contributed by atoms with Crippen molar-refractivity contribution in [2.24, 2.45) is 11.8 Å². The molecule has 0 unspecified atom stereocenters. The number of aliphatic carboxylic acids is 1. The van der Waals surface area contributed by atoms with Crippen molar-refractivity contribution in [2.75, 3.05) is 0 Å². The van der Waals surface area contributed by atoms with Crippen molar-refractivity contribution in [3.63, 3.8) is 0 Å². The van der Waals surface area contributed by atoms with Gasteiger partial charge in [0, 0.05) is 0 Å². The van der Waals surface area contributed by atoms with E-state index in [0.29, 0.717) is 0 Å². The summed E-state index contributed by atoms with van der Waals surface area (Å²) in [5.74, 6) is -7.60. The zero-order chi connectivity index (χ0) is 16.0. The van der Waals surface area contributed by atoms with Gasteiger partial charge in [-0.3, -0.25) is 4.79 Å². The fraction of sp³-hybridized carbons (Fsp3) is 0.467. The zero-order valence-corrected chi connectivity index (χ0v) is 12.0. The minimum absolute atomic E-state index is 0.00702. The number of benzene rings is 1. The number of carboxylic acids is 1. The predicted molar refractivity (Wildman–Crippen MR) is 74.0 cm³/mol. The fourth-order valence-corrected chi connectivity index (χ4v) is 1.87. The summed E-state index contributed by atoms with van der Waals surface area (Å²) in [5.41, 5.74) is 0.728. The zero-order valence-electron chi connectivity index (χ0n) is 12.0. The Bertz CT molecular complexity index is 480. The molecule has 6 nitrogen and oxygen atoms in total. The minimum atomic E-state index is -3.14. The maximum absolute atomic E-state index is 12.0. The van der Waals surface area contributed by atoms with Crippen LogP contribution in [-0.2, 0) is 20.9 Å². The third-order valence-corrected chi connectivity index (χ3v) is 3.02. The number of carbonyl (C=O) groups is 2. The third kappa shape index (κ3) is 4.84. The molecule has 0 aliphatic rings. The van der Waals surface area contributed by atoms with Gasteiger partial charge in [-0.1, -0.05) is 44.2 Å². The van der Waals surface area contributed by atoms with Gasteiger partial charge < -0.3 is 20.1 Å². The highest BCUT2D eigenvalue weighted by molar-refractivity contribution is 5.84. The van der Waals surface area contributed by atoms with Crippen molar-refractivity contribution in [3.05, 3.63) is 35.9 Å². The van der Waals surface area contributed by atoms with Crippen molar-refractivity contribution in [3.8, 4) is 0 Å². The molecule has 0 saturated heterocycles. The summed E-state index contributed by atoms with van der Waals surface area (Å²) in [6, 6.07) is 8.84. The molecule has 1 aromatic rings. The van der Waals surface area contributed by atoms with Crippen LogP contribution in [0.2, 0.25) is 0 Å². The SMILES string of the molecule is CC(C)C[C@H](C(=O)OCc1ccccc1)C(O)(O)C(=O)O. The first-order valence-electron chi connectivity index (χ1n) is 6.63. The number of rotatable bonds is 7. The summed E-state index contributed by atoms with van der Waals surface area (Å²) in [6.07, 6.45) is -0.00702. The van der Waals surface area contributed by atoms with Gasteiger partial charge in [-0.2, -0.15) is 0 Å². The van der Waals surface area contributed by atoms with Gasteiger partial charge in [0.25, 0.3) is 5.79 Å². The minimum Gasteiger partial charge on any atom is -0.477 e. The number of carbonyl (C=O) groups excluding carboxylic acids is 1. The molecule has 6 heteroatoms. The molecule has 0 aromatic heterocycles. The first-order valence-corrected chi connectivity index (χ1v) is 6.63. The van der Waals surface area contributed by atoms with Gasteiger partial charge in [-0.15, -0.1) is 0 Å². The van der Waals surface area contributed by atoms with Gasteiger partial charge >= 0.3 is 11.9 Å². The Morgan fingerprint density at radius 3 is 2.24 bits per heavy atom. The lowest BCUT2D eigenvalue weighted by Crippen LogP contribution is -2.50. The van der Waals surface area contributed by atoms with E-state index in [1.165, 1.54) is 0 Å². The number of esters is 1. The van der Waals surface area contributed by atoms with E-state index in [9.17, 15) is 19.8 Å². The molecule has 0 aliphatic heterocycles. The Morgan fingerprint density at radius 1 is 1.19 bits per heavy atom. The molecule has 1 rings (SSSR count). The van der Waals surface area contributed by atoms with Crippen LogP contribution in [0.5, 0.6) is 0 Å². The van der Waals surface area contributed by atoms with E-state index in [0.717, 1.165) is 5.56 Å². The molecule has 0 radical (unpaired) electrons. The van der Waals surface area contributed by atoms with E-state index in [-0.39, 0.29) is 18.9 Å². The van der Waals surface area contributed by atoms with E-state index in [4.69, 9.17) is 9.84 Å². The summed E-state index contributed by atoms with van der Waals surface area (Å²) >= 11 is 0. The van der Waals surface area contributed by atoms with Crippen LogP contribution in [0.1, 0.15) is 25.8 Å². The second kappa shape index (κ2) is 7.19. The van der Waals surface area contributed by atoms with Gasteiger partial charge in [-0.25, -0.2) is 4.79 Å². The molecule has 0 bridgehead atoms. The predicted octanol–water partition coefficient (Wildman–Crippen LogP) is 1.16. The molecule has 3 N–H and O–H groups in total. The van der Waals surface area contributed by atoms with Crippen molar-refractivity contribution in [1.82, 2.24) is 0 Å². The number of carboxylic acid groups (broad SMARTS) is 1. The van der Waals surface area contributed by atoms with E-state index < -0.39 is 23.6 Å². The maximum Gasteiger partial charge on any atom is 0.364 e. The summed E-state index contributed by atoms with van der Waals surface area (Å²) in [4.78, 5) is 22.9. The largest absolute Gasteiger partial charge is 0.477 e. The quantitative estimate of drug-likeness (QED) is 0.515. The van der Waals surface area contributed by atoms with E-state index in [1.54, 1.807) is 38.1 Å². The number of ether oxygens (including phenoxy) is 1. The molecular formula is C15H20O6. The molecular weight excluding hydrogens is 276 g/mol. The smallest absolute Gasteiger partial charge is 0.364 e. The highest BCUT2D eigenvalue weighted by atomic mass is 16.6. The Morgan fingerprint density at radius 2 is 1.76 bits per heavy atom. The van der Waals surface area contributed by atoms with Gasteiger partial charge in [0.05, 0.1) is 0 Å². The highest BCUT2D eigenvalue weighted by Gasteiger charge is 2.47. The number of hydrogen-bond acceptors (Lipinski definition) is 5. The molecule has 1 aromatic carbocycles. The van der Waals surface area contributed by atoms with Crippen LogP contribution >= 0.6 is 0 Å². The van der Waals surface area contributed by atoms with E-state index in [2.05, 4.69) is 0 Å². The van der Waals surface area contributed by atoms with Crippen molar-refractivity contribution in [1.29, 1.82) is 0 Å². The molecule has 0 amide bonds.